The monoisotopic (exact) mass is 286 g/mol. The van der Waals surface area contributed by atoms with Crippen molar-refractivity contribution in [1.82, 2.24) is 19.7 Å². The van der Waals surface area contributed by atoms with Crippen LogP contribution in [0.3, 0.4) is 0 Å². The maximum Gasteiger partial charge on any atom is 0.250 e. The predicted molar refractivity (Wildman–Crippen MR) is 82.3 cm³/mol. The number of pyridine rings is 1. The standard InChI is InChI=1S/C16H22N4O/c1-12-8-15(18-17-12)14-4-3-6-20(11-14)10-13-5-7-19(2)16(21)9-13/h5,7-9,14H,3-4,6,10-11H2,1-2H3,(H,17,18). The second-order valence-electron chi connectivity index (χ2n) is 6.03. The molecule has 0 aromatic carbocycles. The van der Waals surface area contributed by atoms with Crippen molar-refractivity contribution in [3.05, 3.63) is 51.7 Å². The van der Waals surface area contributed by atoms with Crippen molar-refractivity contribution >= 4 is 0 Å². The average Bonchev–Trinajstić information content (AvgIpc) is 2.90. The van der Waals surface area contributed by atoms with Crippen LogP contribution < -0.4 is 5.56 Å². The molecular weight excluding hydrogens is 264 g/mol. The Bertz CT molecular complexity index is 673. The van der Waals surface area contributed by atoms with Crippen LogP contribution in [-0.2, 0) is 13.6 Å². The highest BCUT2D eigenvalue weighted by Gasteiger charge is 2.23. The molecule has 0 bridgehead atoms. The first-order valence-electron chi connectivity index (χ1n) is 7.51. The summed E-state index contributed by atoms with van der Waals surface area (Å²) in [6, 6.07) is 5.92. The molecule has 1 atom stereocenters. The van der Waals surface area contributed by atoms with Gasteiger partial charge in [0.1, 0.15) is 0 Å². The lowest BCUT2D eigenvalue weighted by molar-refractivity contribution is 0.198. The Hall–Kier alpha value is -1.88. The van der Waals surface area contributed by atoms with Crippen molar-refractivity contribution in [2.24, 2.45) is 7.05 Å². The Kier molecular flexibility index (Phi) is 3.92. The first-order valence-corrected chi connectivity index (χ1v) is 7.51. The van der Waals surface area contributed by atoms with E-state index in [0.29, 0.717) is 5.92 Å². The van der Waals surface area contributed by atoms with E-state index in [-0.39, 0.29) is 5.56 Å². The van der Waals surface area contributed by atoms with Gasteiger partial charge in [0.15, 0.2) is 0 Å². The van der Waals surface area contributed by atoms with Crippen LogP contribution in [0.25, 0.3) is 0 Å². The van der Waals surface area contributed by atoms with Crippen LogP contribution in [0.1, 0.15) is 35.7 Å². The van der Waals surface area contributed by atoms with E-state index in [9.17, 15) is 4.79 Å². The van der Waals surface area contributed by atoms with Gasteiger partial charge in [0.25, 0.3) is 5.56 Å². The first-order chi connectivity index (χ1) is 10.1. The number of rotatable bonds is 3. The minimum Gasteiger partial charge on any atom is -0.319 e. The largest absolute Gasteiger partial charge is 0.319 e. The third kappa shape index (κ3) is 3.24. The zero-order chi connectivity index (χ0) is 14.8. The van der Waals surface area contributed by atoms with E-state index >= 15 is 0 Å². The number of aromatic nitrogens is 3. The molecular formula is C16H22N4O. The van der Waals surface area contributed by atoms with Crippen molar-refractivity contribution in [2.75, 3.05) is 13.1 Å². The number of nitrogens with zero attached hydrogens (tertiary/aromatic N) is 3. The number of hydrogen-bond acceptors (Lipinski definition) is 3. The average molecular weight is 286 g/mol. The summed E-state index contributed by atoms with van der Waals surface area (Å²) in [4.78, 5) is 14.1. The van der Waals surface area contributed by atoms with Crippen LogP contribution in [-0.4, -0.2) is 32.8 Å². The van der Waals surface area contributed by atoms with Crippen LogP contribution in [0.5, 0.6) is 0 Å². The molecule has 5 heteroatoms. The summed E-state index contributed by atoms with van der Waals surface area (Å²) in [5.41, 5.74) is 3.44. The minimum atomic E-state index is 0.0592. The molecule has 0 amide bonds. The lowest BCUT2D eigenvalue weighted by Crippen LogP contribution is -2.34. The zero-order valence-corrected chi connectivity index (χ0v) is 12.7. The van der Waals surface area contributed by atoms with Crippen LogP contribution in [0, 0.1) is 6.92 Å². The van der Waals surface area contributed by atoms with Crippen molar-refractivity contribution in [3.63, 3.8) is 0 Å². The number of aromatic amines is 1. The third-order valence-electron chi connectivity index (χ3n) is 4.22. The van der Waals surface area contributed by atoms with Gasteiger partial charge < -0.3 is 4.57 Å². The highest BCUT2D eigenvalue weighted by Crippen LogP contribution is 2.26. The molecule has 1 N–H and O–H groups in total. The van der Waals surface area contributed by atoms with E-state index in [1.807, 2.05) is 19.2 Å². The van der Waals surface area contributed by atoms with Crippen molar-refractivity contribution in [1.29, 1.82) is 0 Å². The lowest BCUT2D eigenvalue weighted by atomic mass is 9.94. The van der Waals surface area contributed by atoms with Gasteiger partial charge in [-0.25, -0.2) is 0 Å². The number of likely N-dealkylation sites (tertiary alicyclic amines) is 1. The van der Waals surface area contributed by atoms with Gasteiger partial charge in [0.05, 0.1) is 5.69 Å². The number of piperidine rings is 1. The van der Waals surface area contributed by atoms with E-state index in [1.165, 1.54) is 18.5 Å². The topological polar surface area (TPSA) is 53.9 Å². The Morgan fingerprint density at radius 1 is 1.43 bits per heavy atom. The number of nitrogens with one attached hydrogen (secondary N) is 1. The van der Waals surface area contributed by atoms with Gasteiger partial charge in [-0.05, 0) is 44.0 Å². The van der Waals surface area contributed by atoms with Gasteiger partial charge in [-0.1, -0.05) is 0 Å². The SMILES string of the molecule is Cc1cc(C2CCCN(Cc3ccn(C)c(=O)c3)C2)n[nH]1. The summed E-state index contributed by atoms with van der Waals surface area (Å²) in [6.45, 7) is 4.99. The number of H-pyrrole nitrogens is 1. The highest BCUT2D eigenvalue weighted by atomic mass is 16.1. The minimum absolute atomic E-state index is 0.0592. The molecule has 1 unspecified atom stereocenters. The summed E-state index contributed by atoms with van der Waals surface area (Å²) < 4.78 is 1.61. The highest BCUT2D eigenvalue weighted by molar-refractivity contribution is 5.14. The van der Waals surface area contributed by atoms with Gasteiger partial charge in [0.2, 0.25) is 0 Å². The molecule has 1 saturated heterocycles. The van der Waals surface area contributed by atoms with Gasteiger partial charge >= 0.3 is 0 Å². The molecule has 1 aliphatic rings. The molecule has 1 aliphatic heterocycles. The fraction of sp³-hybridized carbons (Fsp3) is 0.500. The second kappa shape index (κ2) is 5.85. The van der Waals surface area contributed by atoms with E-state index in [0.717, 1.165) is 30.9 Å². The molecule has 3 rings (SSSR count). The van der Waals surface area contributed by atoms with Gasteiger partial charge in [-0.15, -0.1) is 0 Å². The normalized spacial score (nSPS) is 19.8. The van der Waals surface area contributed by atoms with Crippen LogP contribution >= 0.6 is 0 Å². The fourth-order valence-corrected chi connectivity index (χ4v) is 3.03. The summed E-state index contributed by atoms with van der Waals surface area (Å²) in [7, 11) is 1.78. The summed E-state index contributed by atoms with van der Waals surface area (Å²) in [5.74, 6) is 0.496. The van der Waals surface area contributed by atoms with Crippen molar-refractivity contribution in [3.8, 4) is 0 Å². The first kappa shape index (κ1) is 14.1. The van der Waals surface area contributed by atoms with Crippen molar-refractivity contribution < 1.29 is 0 Å². The molecule has 0 saturated carbocycles. The van der Waals surface area contributed by atoms with E-state index in [1.54, 1.807) is 17.7 Å². The van der Waals surface area contributed by atoms with Crippen LogP contribution in [0.4, 0.5) is 0 Å². The van der Waals surface area contributed by atoms with Gasteiger partial charge in [-0.3, -0.25) is 14.8 Å². The molecule has 2 aromatic heterocycles. The summed E-state index contributed by atoms with van der Waals surface area (Å²) >= 11 is 0. The summed E-state index contributed by atoms with van der Waals surface area (Å²) in [6.07, 6.45) is 4.22. The molecule has 0 spiro atoms. The Morgan fingerprint density at radius 2 is 2.29 bits per heavy atom. The number of hydrogen-bond donors (Lipinski definition) is 1. The molecule has 2 aromatic rings. The summed E-state index contributed by atoms with van der Waals surface area (Å²) in [5, 5.41) is 7.43. The maximum absolute atomic E-state index is 11.7. The molecule has 1 fully saturated rings. The molecule has 0 aliphatic carbocycles. The van der Waals surface area contributed by atoms with E-state index < -0.39 is 0 Å². The molecule has 21 heavy (non-hydrogen) atoms. The molecule has 5 nitrogen and oxygen atoms in total. The smallest absolute Gasteiger partial charge is 0.250 e. The Labute approximate surface area is 124 Å². The van der Waals surface area contributed by atoms with E-state index in [2.05, 4.69) is 21.2 Å². The zero-order valence-electron chi connectivity index (χ0n) is 12.7. The van der Waals surface area contributed by atoms with Gasteiger partial charge in [-0.2, -0.15) is 5.10 Å². The van der Waals surface area contributed by atoms with Crippen LogP contribution in [0.15, 0.2) is 29.2 Å². The quantitative estimate of drug-likeness (QED) is 0.936. The van der Waals surface area contributed by atoms with E-state index in [4.69, 9.17) is 0 Å². The number of aryl methyl sites for hydroxylation is 2. The molecule has 112 valence electrons. The van der Waals surface area contributed by atoms with Gasteiger partial charge in [0, 0.05) is 44.0 Å². The Balaban J connectivity index is 1.68. The third-order valence-corrected chi connectivity index (χ3v) is 4.22. The Morgan fingerprint density at radius 3 is 3.00 bits per heavy atom. The molecule has 3 heterocycles. The predicted octanol–water partition coefficient (Wildman–Crippen LogP) is 1.80. The lowest BCUT2D eigenvalue weighted by Gasteiger charge is -2.31. The second-order valence-corrected chi connectivity index (χ2v) is 6.03. The van der Waals surface area contributed by atoms with Crippen molar-refractivity contribution in [2.45, 2.75) is 32.2 Å². The maximum atomic E-state index is 11.7. The fourth-order valence-electron chi connectivity index (χ4n) is 3.03. The molecule has 0 radical (unpaired) electrons. The van der Waals surface area contributed by atoms with Crippen LogP contribution in [0.2, 0.25) is 0 Å².